The monoisotopic (exact) mass is 814 g/mol. The van der Waals surface area contributed by atoms with Gasteiger partial charge in [0.15, 0.2) is 12.1 Å². The molecule has 0 saturated heterocycles. The van der Waals surface area contributed by atoms with Crippen LogP contribution in [0.15, 0.2) is 97.1 Å². The minimum atomic E-state index is -1.59. The molecule has 0 radical (unpaired) electrons. The van der Waals surface area contributed by atoms with E-state index in [4.69, 9.17) is 42.6 Å². The van der Waals surface area contributed by atoms with E-state index in [1.807, 2.05) is 0 Å². The number of carbonyl (C=O) groups is 8. The Bertz CT molecular complexity index is 1890. The first-order valence-corrected chi connectivity index (χ1v) is 17.6. The molecule has 0 aromatic heterocycles. The summed E-state index contributed by atoms with van der Waals surface area (Å²) in [5.41, 5.74) is 0.0440. The summed E-state index contributed by atoms with van der Waals surface area (Å²) < 4.78 is 48.3. The Hall–Kier alpha value is -7.24. The van der Waals surface area contributed by atoms with Crippen molar-refractivity contribution in [1.82, 2.24) is 0 Å². The van der Waals surface area contributed by atoms with Gasteiger partial charge in [-0.15, -0.1) is 0 Å². The molecule has 4 rings (SSSR count). The average molecular weight is 815 g/mol. The molecule has 1 atom stereocenters. The number of hydrogen-bond acceptors (Lipinski definition) is 17. The van der Waals surface area contributed by atoms with Gasteiger partial charge in [-0.3, -0.25) is 24.0 Å². The Balaban J connectivity index is 1.57. The summed E-state index contributed by atoms with van der Waals surface area (Å²) in [5.74, 6) is -5.48. The lowest BCUT2D eigenvalue weighted by Crippen LogP contribution is -2.37. The maximum atomic E-state index is 13.2. The molecule has 0 aliphatic heterocycles. The second kappa shape index (κ2) is 21.9. The van der Waals surface area contributed by atoms with Crippen LogP contribution in [-0.4, -0.2) is 86.4 Å². The first-order chi connectivity index (χ1) is 28.1. The molecule has 0 N–H and O–H groups in total. The minimum absolute atomic E-state index is 0.0129. The van der Waals surface area contributed by atoms with Crippen molar-refractivity contribution in [3.63, 3.8) is 0 Å². The van der Waals surface area contributed by atoms with Crippen molar-refractivity contribution in [3.05, 3.63) is 119 Å². The zero-order valence-corrected chi connectivity index (χ0v) is 32.2. The van der Waals surface area contributed by atoms with Crippen LogP contribution in [0.1, 0.15) is 69.1 Å². The first-order valence-electron chi connectivity index (χ1n) is 17.6. The largest absolute Gasteiger partial charge is 0.459 e. The fourth-order valence-corrected chi connectivity index (χ4v) is 4.91. The molecule has 0 aliphatic carbocycles. The Morgan fingerprint density at radius 1 is 0.441 bits per heavy atom. The first kappa shape index (κ1) is 44.5. The lowest BCUT2D eigenvalue weighted by atomic mass is 10.1. The lowest BCUT2D eigenvalue weighted by Gasteiger charge is -2.24. The third-order valence-electron chi connectivity index (χ3n) is 7.31. The molecule has 0 bridgehead atoms. The standard InChI is InChI=1S/C42H38O17/c1-25(43)55-33-13-5-9-29(17-33)38(47)23-51-39(24-54-42(50)32-12-8-16-36(20-32)58-28(4)46)59-37(21-52-40(48)30-10-6-14-34(18-30)56-26(2)44)22-53-41(49)31-11-7-15-35(19-31)57-27(3)45/h5-20,37,39H,21-24H2,1-4H3. The third-order valence-corrected chi connectivity index (χ3v) is 7.31. The second-order valence-corrected chi connectivity index (χ2v) is 12.2. The molecule has 0 amide bonds. The van der Waals surface area contributed by atoms with E-state index in [-0.39, 0.29) is 45.3 Å². The molecule has 0 aliphatic rings. The topological polar surface area (TPSA) is 220 Å². The maximum absolute atomic E-state index is 13.2. The summed E-state index contributed by atoms with van der Waals surface area (Å²) in [6.07, 6.45) is -2.94. The smallest absolute Gasteiger partial charge is 0.338 e. The van der Waals surface area contributed by atoms with Crippen molar-refractivity contribution in [2.45, 2.75) is 40.1 Å². The summed E-state index contributed by atoms with van der Waals surface area (Å²) in [7, 11) is 0. The molecule has 17 nitrogen and oxygen atoms in total. The van der Waals surface area contributed by atoms with Crippen molar-refractivity contribution in [1.29, 1.82) is 0 Å². The third kappa shape index (κ3) is 15.3. The van der Waals surface area contributed by atoms with Gasteiger partial charge in [0, 0.05) is 33.3 Å². The number of esters is 7. The van der Waals surface area contributed by atoms with Gasteiger partial charge in [-0.2, -0.15) is 0 Å². The number of benzene rings is 4. The number of ketones is 1. The van der Waals surface area contributed by atoms with Crippen LogP contribution in [0.4, 0.5) is 0 Å². The normalized spacial score (nSPS) is 11.1. The number of hydrogen-bond donors (Lipinski definition) is 0. The summed E-state index contributed by atoms with van der Waals surface area (Å²) in [4.78, 5) is 98.4. The highest BCUT2D eigenvalue weighted by Gasteiger charge is 2.25. The van der Waals surface area contributed by atoms with Gasteiger partial charge in [0.25, 0.3) is 0 Å². The van der Waals surface area contributed by atoms with E-state index < -0.39 is 86.4 Å². The second-order valence-electron chi connectivity index (χ2n) is 12.2. The molecule has 0 fully saturated rings. The lowest BCUT2D eigenvalue weighted by molar-refractivity contribution is -0.196. The Kier molecular flexibility index (Phi) is 16.5. The quantitative estimate of drug-likeness (QED) is 0.0405. The van der Waals surface area contributed by atoms with Crippen LogP contribution < -0.4 is 18.9 Å². The van der Waals surface area contributed by atoms with Crippen LogP contribution in [0.5, 0.6) is 23.0 Å². The van der Waals surface area contributed by atoms with Crippen LogP contribution in [-0.2, 0) is 42.9 Å². The average Bonchev–Trinajstić information content (AvgIpc) is 3.18. The highest BCUT2D eigenvalue weighted by atomic mass is 16.7. The SMILES string of the molecule is CC(=O)Oc1cccc(C(=O)COC(COC(=O)c2cccc(OC(C)=O)c2)OC(COC(=O)c2cccc(OC(C)=O)c2)COC(=O)c2cccc(OC(C)=O)c2)c1. The van der Waals surface area contributed by atoms with Gasteiger partial charge >= 0.3 is 41.8 Å². The fraction of sp³-hybridized carbons (Fsp3) is 0.238. The van der Waals surface area contributed by atoms with Gasteiger partial charge in [-0.05, 0) is 66.7 Å². The van der Waals surface area contributed by atoms with Crippen molar-refractivity contribution in [2.24, 2.45) is 0 Å². The van der Waals surface area contributed by atoms with Crippen molar-refractivity contribution < 1.29 is 81.0 Å². The van der Waals surface area contributed by atoms with E-state index in [2.05, 4.69) is 0 Å². The Labute approximate surface area is 336 Å². The van der Waals surface area contributed by atoms with Crippen LogP contribution in [0.25, 0.3) is 0 Å². The van der Waals surface area contributed by atoms with Gasteiger partial charge < -0.3 is 42.6 Å². The van der Waals surface area contributed by atoms with Gasteiger partial charge in [-0.25, -0.2) is 14.4 Å². The maximum Gasteiger partial charge on any atom is 0.338 e. The fourth-order valence-electron chi connectivity index (χ4n) is 4.91. The molecule has 0 saturated carbocycles. The van der Waals surface area contributed by atoms with Gasteiger partial charge in [0.1, 0.15) is 55.5 Å². The van der Waals surface area contributed by atoms with E-state index >= 15 is 0 Å². The van der Waals surface area contributed by atoms with E-state index in [0.717, 1.165) is 0 Å². The molecule has 17 heteroatoms. The molecule has 4 aromatic carbocycles. The molecule has 1 unspecified atom stereocenters. The summed E-state index contributed by atoms with van der Waals surface area (Å²) in [6, 6.07) is 22.4. The summed E-state index contributed by atoms with van der Waals surface area (Å²) >= 11 is 0. The van der Waals surface area contributed by atoms with Gasteiger partial charge in [0.2, 0.25) is 0 Å². The Morgan fingerprint density at radius 3 is 1.12 bits per heavy atom. The van der Waals surface area contributed by atoms with Crippen LogP contribution in [0.3, 0.4) is 0 Å². The molecular formula is C42H38O17. The molecule has 0 heterocycles. The van der Waals surface area contributed by atoms with E-state index in [1.165, 1.54) is 125 Å². The number of Topliss-reactive ketones (excluding diaryl/α,β-unsaturated/α-hetero) is 1. The summed E-state index contributed by atoms with van der Waals surface area (Å²) in [6.45, 7) is 2.19. The minimum Gasteiger partial charge on any atom is -0.459 e. The summed E-state index contributed by atoms with van der Waals surface area (Å²) in [5, 5.41) is 0. The van der Waals surface area contributed by atoms with E-state index in [0.29, 0.717) is 0 Å². The number of carbonyl (C=O) groups excluding carboxylic acids is 8. The molecule has 0 spiro atoms. The molecule has 4 aromatic rings. The predicted octanol–water partition coefficient (Wildman–Crippen LogP) is 4.87. The highest BCUT2D eigenvalue weighted by Crippen LogP contribution is 2.19. The number of ether oxygens (including phenoxy) is 9. The van der Waals surface area contributed by atoms with Crippen molar-refractivity contribution >= 4 is 47.6 Å². The van der Waals surface area contributed by atoms with E-state index in [1.54, 1.807) is 0 Å². The molecular weight excluding hydrogens is 776 g/mol. The molecule has 59 heavy (non-hydrogen) atoms. The van der Waals surface area contributed by atoms with Gasteiger partial charge in [0.05, 0.1) is 16.7 Å². The van der Waals surface area contributed by atoms with Crippen LogP contribution in [0, 0.1) is 0 Å². The van der Waals surface area contributed by atoms with Gasteiger partial charge in [-0.1, -0.05) is 30.3 Å². The van der Waals surface area contributed by atoms with E-state index in [9.17, 15) is 38.4 Å². The van der Waals surface area contributed by atoms with Crippen molar-refractivity contribution in [3.8, 4) is 23.0 Å². The molecule has 308 valence electrons. The predicted molar refractivity (Wildman–Crippen MR) is 201 cm³/mol. The Morgan fingerprint density at radius 2 is 0.763 bits per heavy atom. The van der Waals surface area contributed by atoms with Crippen LogP contribution >= 0.6 is 0 Å². The van der Waals surface area contributed by atoms with Crippen molar-refractivity contribution in [2.75, 3.05) is 26.4 Å². The van der Waals surface area contributed by atoms with Crippen LogP contribution in [0.2, 0.25) is 0 Å². The highest BCUT2D eigenvalue weighted by molar-refractivity contribution is 5.97. The zero-order chi connectivity index (χ0) is 42.9. The number of rotatable bonds is 19. The zero-order valence-electron chi connectivity index (χ0n) is 32.2.